The Balaban J connectivity index is 1.83. The van der Waals surface area contributed by atoms with Crippen molar-refractivity contribution in [1.82, 2.24) is 19.7 Å². The van der Waals surface area contributed by atoms with E-state index >= 15 is 0 Å². The molecule has 2 aromatic heterocycles. The first-order valence-electron chi connectivity index (χ1n) is 8.93. The van der Waals surface area contributed by atoms with Gasteiger partial charge in [-0.1, -0.05) is 19.1 Å². The van der Waals surface area contributed by atoms with Crippen LogP contribution in [-0.4, -0.2) is 24.9 Å². The van der Waals surface area contributed by atoms with Crippen LogP contribution >= 0.6 is 0 Å². The van der Waals surface area contributed by atoms with E-state index in [9.17, 15) is 18.3 Å². The highest BCUT2D eigenvalue weighted by molar-refractivity contribution is 5.78. The van der Waals surface area contributed by atoms with Gasteiger partial charge in [-0.15, -0.1) is 0 Å². The molecule has 0 aliphatic heterocycles. The molecule has 148 valence electrons. The summed E-state index contributed by atoms with van der Waals surface area (Å²) in [7, 11) is 0. The van der Waals surface area contributed by atoms with Crippen LogP contribution in [0.3, 0.4) is 0 Å². The molecule has 0 aliphatic carbocycles. The van der Waals surface area contributed by atoms with E-state index < -0.39 is 29.0 Å². The van der Waals surface area contributed by atoms with Crippen molar-refractivity contribution in [1.29, 1.82) is 0 Å². The first kappa shape index (κ1) is 19.1. The quantitative estimate of drug-likeness (QED) is 0.553. The SMILES string of the molecule is CC(c1ccc2ccc(F)cc2n1)C(O)(Cn1cncn1)c1ccc(F)cc1F. The van der Waals surface area contributed by atoms with Crippen molar-refractivity contribution < 1.29 is 18.3 Å². The molecular weight excluding hydrogens is 381 g/mol. The summed E-state index contributed by atoms with van der Waals surface area (Å²) in [6, 6.07) is 10.7. The van der Waals surface area contributed by atoms with Gasteiger partial charge in [-0.25, -0.2) is 22.8 Å². The molecule has 1 N–H and O–H groups in total. The Morgan fingerprint density at radius 3 is 2.48 bits per heavy atom. The zero-order valence-corrected chi connectivity index (χ0v) is 15.4. The molecule has 2 heterocycles. The largest absolute Gasteiger partial charge is 0.382 e. The zero-order valence-electron chi connectivity index (χ0n) is 15.4. The Labute approximate surface area is 164 Å². The van der Waals surface area contributed by atoms with Gasteiger partial charge in [0.1, 0.15) is 35.7 Å². The van der Waals surface area contributed by atoms with E-state index in [1.165, 1.54) is 35.5 Å². The average Bonchev–Trinajstić information content (AvgIpc) is 3.19. The molecular formula is C21H17F3N4O. The topological polar surface area (TPSA) is 63.8 Å². The number of aromatic nitrogens is 4. The lowest BCUT2D eigenvalue weighted by molar-refractivity contribution is -0.0122. The number of nitrogens with zero attached hydrogens (tertiary/aromatic N) is 4. The molecule has 0 amide bonds. The predicted octanol–water partition coefficient (Wildman–Crippen LogP) is 3.94. The fraction of sp³-hybridized carbons (Fsp3) is 0.190. The van der Waals surface area contributed by atoms with Crippen LogP contribution < -0.4 is 0 Å². The number of benzene rings is 2. The molecule has 0 spiro atoms. The van der Waals surface area contributed by atoms with Gasteiger partial charge in [-0.05, 0) is 24.3 Å². The Hall–Kier alpha value is -3.26. The first-order valence-corrected chi connectivity index (χ1v) is 8.93. The van der Waals surface area contributed by atoms with Gasteiger partial charge in [0.2, 0.25) is 0 Å². The monoisotopic (exact) mass is 398 g/mol. The minimum Gasteiger partial charge on any atom is -0.382 e. The molecule has 8 heteroatoms. The standard InChI is InChI=1S/C21H17F3N4O/c1-13(19-7-3-14-2-4-16(23)9-20(14)27-19)21(29,10-28-12-25-11-26-28)17-6-5-15(22)8-18(17)24/h2-9,11-13,29H,10H2,1H3. The summed E-state index contributed by atoms with van der Waals surface area (Å²) >= 11 is 0. The van der Waals surface area contributed by atoms with E-state index in [1.807, 2.05) is 0 Å². The zero-order chi connectivity index (χ0) is 20.6. The Morgan fingerprint density at radius 2 is 1.76 bits per heavy atom. The third kappa shape index (κ3) is 3.58. The maximum atomic E-state index is 14.6. The van der Waals surface area contributed by atoms with Crippen LogP contribution in [0.4, 0.5) is 13.2 Å². The van der Waals surface area contributed by atoms with E-state index in [2.05, 4.69) is 15.1 Å². The molecule has 4 aromatic rings. The van der Waals surface area contributed by atoms with Crippen molar-refractivity contribution in [3.8, 4) is 0 Å². The van der Waals surface area contributed by atoms with Crippen LogP contribution in [0.2, 0.25) is 0 Å². The summed E-state index contributed by atoms with van der Waals surface area (Å²) in [5.74, 6) is -2.80. The minimum atomic E-state index is -1.82. The van der Waals surface area contributed by atoms with Gasteiger partial charge in [-0.2, -0.15) is 5.10 Å². The van der Waals surface area contributed by atoms with E-state index in [0.29, 0.717) is 11.2 Å². The van der Waals surface area contributed by atoms with Crippen molar-refractivity contribution in [3.05, 3.63) is 89.9 Å². The van der Waals surface area contributed by atoms with Crippen molar-refractivity contribution in [2.24, 2.45) is 0 Å². The lowest BCUT2D eigenvalue weighted by Crippen LogP contribution is -2.38. The van der Waals surface area contributed by atoms with Gasteiger partial charge in [0.05, 0.1) is 12.1 Å². The van der Waals surface area contributed by atoms with Gasteiger partial charge in [0.15, 0.2) is 0 Å². The van der Waals surface area contributed by atoms with Crippen LogP contribution in [0.1, 0.15) is 24.1 Å². The van der Waals surface area contributed by atoms with E-state index in [1.54, 1.807) is 25.1 Å². The molecule has 5 nitrogen and oxygen atoms in total. The molecule has 0 fully saturated rings. The number of fused-ring (bicyclic) bond motifs is 1. The Bertz CT molecular complexity index is 1170. The summed E-state index contributed by atoms with van der Waals surface area (Å²) in [5, 5.41) is 16.3. The fourth-order valence-corrected chi connectivity index (χ4v) is 3.45. The molecule has 0 saturated heterocycles. The van der Waals surface area contributed by atoms with Crippen LogP contribution in [0.5, 0.6) is 0 Å². The van der Waals surface area contributed by atoms with E-state index in [4.69, 9.17) is 0 Å². The third-order valence-electron chi connectivity index (χ3n) is 5.10. The molecule has 2 aromatic carbocycles. The maximum Gasteiger partial charge on any atom is 0.137 e. The lowest BCUT2D eigenvalue weighted by Gasteiger charge is -2.34. The molecule has 0 bridgehead atoms. The molecule has 29 heavy (non-hydrogen) atoms. The number of aliphatic hydroxyl groups is 1. The second-order valence-electron chi connectivity index (χ2n) is 6.94. The average molecular weight is 398 g/mol. The van der Waals surface area contributed by atoms with Crippen LogP contribution in [0, 0.1) is 17.5 Å². The van der Waals surface area contributed by atoms with Gasteiger partial charge in [0, 0.05) is 34.7 Å². The van der Waals surface area contributed by atoms with Crippen LogP contribution in [0.15, 0.2) is 61.2 Å². The highest BCUT2D eigenvalue weighted by Crippen LogP contribution is 2.39. The maximum absolute atomic E-state index is 14.6. The fourth-order valence-electron chi connectivity index (χ4n) is 3.45. The number of halogens is 3. The molecule has 2 atom stereocenters. The predicted molar refractivity (Wildman–Crippen MR) is 100 cm³/mol. The smallest absolute Gasteiger partial charge is 0.137 e. The normalized spacial score (nSPS) is 14.7. The highest BCUT2D eigenvalue weighted by Gasteiger charge is 2.40. The molecule has 0 saturated carbocycles. The molecule has 2 unspecified atom stereocenters. The summed E-state index contributed by atoms with van der Waals surface area (Å²) in [6.45, 7) is 1.53. The lowest BCUT2D eigenvalue weighted by atomic mass is 9.79. The van der Waals surface area contributed by atoms with Gasteiger partial charge in [0.25, 0.3) is 0 Å². The number of pyridine rings is 1. The summed E-state index contributed by atoms with van der Waals surface area (Å²) in [6.07, 6.45) is 2.69. The highest BCUT2D eigenvalue weighted by atomic mass is 19.1. The number of hydrogen-bond acceptors (Lipinski definition) is 4. The summed E-state index contributed by atoms with van der Waals surface area (Å²) < 4.78 is 43.1. The van der Waals surface area contributed by atoms with Gasteiger partial charge < -0.3 is 5.11 Å². The Kier molecular flexibility index (Phi) is 4.79. The second kappa shape index (κ2) is 7.29. The van der Waals surface area contributed by atoms with E-state index in [-0.39, 0.29) is 12.1 Å². The minimum absolute atomic E-state index is 0.0944. The molecule has 0 radical (unpaired) electrons. The number of rotatable bonds is 5. The Morgan fingerprint density at radius 1 is 1.03 bits per heavy atom. The summed E-state index contributed by atoms with van der Waals surface area (Å²) in [4.78, 5) is 8.31. The molecule has 0 aliphatic rings. The van der Waals surface area contributed by atoms with Crippen molar-refractivity contribution in [2.45, 2.75) is 25.0 Å². The van der Waals surface area contributed by atoms with Crippen molar-refractivity contribution in [2.75, 3.05) is 0 Å². The van der Waals surface area contributed by atoms with Crippen molar-refractivity contribution in [3.63, 3.8) is 0 Å². The number of hydrogen-bond donors (Lipinski definition) is 1. The molecule has 4 rings (SSSR count). The van der Waals surface area contributed by atoms with Crippen molar-refractivity contribution >= 4 is 10.9 Å². The van der Waals surface area contributed by atoms with Gasteiger partial charge in [-0.3, -0.25) is 4.98 Å². The van der Waals surface area contributed by atoms with Gasteiger partial charge >= 0.3 is 0 Å². The third-order valence-corrected chi connectivity index (χ3v) is 5.10. The first-order chi connectivity index (χ1) is 13.9. The summed E-state index contributed by atoms with van der Waals surface area (Å²) in [5.41, 5.74) is -1.08. The van der Waals surface area contributed by atoms with E-state index in [0.717, 1.165) is 17.5 Å². The van der Waals surface area contributed by atoms with Crippen LogP contribution in [-0.2, 0) is 12.1 Å². The second-order valence-corrected chi connectivity index (χ2v) is 6.94. The van der Waals surface area contributed by atoms with Crippen LogP contribution in [0.25, 0.3) is 10.9 Å².